The van der Waals surface area contributed by atoms with Gasteiger partial charge in [-0.3, -0.25) is 9.78 Å². The Balaban J connectivity index is 1.92. The van der Waals surface area contributed by atoms with Gasteiger partial charge in [-0.2, -0.15) is 0 Å². The number of rotatable bonds is 6. The zero-order valence-electron chi connectivity index (χ0n) is 15.7. The Bertz CT molecular complexity index is 910. The van der Waals surface area contributed by atoms with Gasteiger partial charge in [0.15, 0.2) is 0 Å². The average molecular weight is 361 g/mol. The molecule has 1 atom stereocenters. The van der Waals surface area contributed by atoms with Crippen LogP contribution in [-0.2, 0) is 0 Å². The number of carbonyl (C=O) groups excluding carboxylic acids is 1. The highest BCUT2D eigenvalue weighted by atomic mass is 16.1. The zero-order chi connectivity index (χ0) is 19.2. The molecule has 27 heavy (non-hydrogen) atoms. The minimum absolute atomic E-state index is 0.229. The maximum atomic E-state index is 12.8. The van der Waals surface area contributed by atoms with Crippen molar-refractivity contribution in [1.29, 1.82) is 0 Å². The molecule has 0 fully saturated rings. The summed E-state index contributed by atoms with van der Waals surface area (Å²) in [6.07, 6.45) is 6.56. The molecule has 3 rings (SSSR count). The van der Waals surface area contributed by atoms with Crippen LogP contribution in [0.5, 0.6) is 0 Å². The number of nitrogens with zero attached hydrogens (tertiary/aromatic N) is 3. The molecule has 0 saturated heterocycles. The van der Waals surface area contributed by atoms with Crippen LogP contribution in [0.2, 0.25) is 0 Å². The van der Waals surface area contributed by atoms with E-state index in [1.807, 2.05) is 32.9 Å². The summed E-state index contributed by atoms with van der Waals surface area (Å²) in [7, 11) is 0. The number of hydrogen-bond donors (Lipinski definition) is 2. The van der Waals surface area contributed by atoms with Gasteiger partial charge in [-0.1, -0.05) is 29.8 Å². The van der Waals surface area contributed by atoms with Crippen molar-refractivity contribution in [2.75, 3.05) is 11.9 Å². The Morgan fingerprint density at radius 2 is 1.89 bits per heavy atom. The van der Waals surface area contributed by atoms with Crippen molar-refractivity contribution in [2.24, 2.45) is 0 Å². The topological polar surface area (TPSA) is 79.8 Å². The first kappa shape index (κ1) is 18.5. The standard InChI is InChI=1S/C21H23N5O/c1-4-23-21-24-12-17(13-25-21)20(27)26-19(16-6-5-9-22-11-16)18-10-14(2)7-8-15(18)3/h5-13,19H,4H2,1-3H3,(H,26,27)(H,23,24,25)/t19-/m0/s1. The second-order valence-electron chi connectivity index (χ2n) is 6.38. The first-order valence-corrected chi connectivity index (χ1v) is 8.92. The van der Waals surface area contributed by atoms with Crippen molar-refractivity contribution in [3.8, 4) is 0 Å². The molecule has 0 aliphatic rings. The van der Waals surface area contributed by atoms with Crippen LogP contribution < -0.4 is 10.6 Å². The summed E-state index contributed by atoms with van der Waals surface area (Å²) in [5.74, 6) is 0.278. The number of benzene rings is 1. The van der Waals surface area contributed by atoms with Crippen LogP contribution in [-0.4, -0.2) is 27.4 Å². The van der Waals surface area contributed by atoms with Gasteiger partial charge in [0.1, 0.15) is 0 Å². The number of aryl methyl sites for hydroxylation is 2. The van der Waals surface area contributed by atoms with Crippen molar-refractivity contribution in [2.45, 2.75) is 26.8 Å². The molecular weight excluding hydrogens is 338 g/mol. The molecule has 1 aromatic carbocycles. The highest BCUT2D eigenvalue weighted by Gasteiger charge is 2.20. The molecule has 0 radical (unpaired) electrons. The lowest BCUT2D eigenvalue weighted by Gasteiger charge is -2.22. The quantitative estimate of drug-likeness (QED) is 0.703. The molecule has 6 heteroatoms. The molecule has 0 aliphatic carbocycles. The van der Waals surface area contributed by atoms with Gasteiger partial charge in [0.2, 0.25) is 5.95 Å². The largest absolute Gasteiger partial charge is 0.355 e. The molecule has 0 saturated carbocycles. The third kappa shape index (κ3) is 4.47. The molecule has 6 nitrogen and oxygen atoms in total. The molecule has 0 aliphatic heterocycles. The minimum atomic E-state index is -0.306. The number of aromatic nitrogens is 3. The number of nitrogens with one attached hydrogen (secondary N) is 2. The summed E-state index contributed by atoms with van der Waals surface area (Å²) in [6, 6.07) is 9.75. The Kier molecular flexibility index (Phi) is 5.76. The van der Waals surface area contributed by atoms with Crippen LogP contribution in [0.25, 0.3) is 0 Å². The SMILES string of the molecule is CCNc1ncc(C(=O)N[C@@H](c2cccnc2)c2cc(C)ccc2C)cn1. The second-order valence-corrected chi connectivity index (χ2v) is 6.38. The third-order valence-electron chi connectivity index (χ3n) is 4.29. The highest BCUT2D eigenvalue weighted by Crippen LogP contribution is 2.26. The lowest BCUT2D eigenvalue weighted by molar-refractivity contribution is 0.0942. The van der Waals surface area contributed by atoms with E-state index in [1.54, 1.807) is 12.4 Å². The van der Waals surface area contributed by atoms with Crippen LogP contribution in [0.4, 0.5) is 5.95 Å². The molecule has 2 heterocycles. The lowest BCUT2D eigenvalue weighted by Crippen LogP contribution is -2.30. The van der Waals surface area contributed by atoms with Gasteiger partial charge in [0.25, 0.3) is 5.91 Å². The van der Waals surface area contributed by atoms with Crippen molar-refractivity contribution >= 4 is 11.9 Å². The maximum Gasteiger partial charge on any atom is 0.255 e. The number of hydrogen-bond acceptors (Lipinski definition) is 5. The zero-order valence-corrected chi connectivity index (χ0v) is 15.7. The van der Waals surface area contributed by atoms with Crippen molar-refractivity contribution in [3.05, 3.63) is 82.9 Å². The van der Waals surface area contributed by atoms with E-state index in [4.69, 9.17) is 0 Å². The minimum Gasteiger partial charge on any atom is -0.355 e. The van der Waals surface area contributed by atoms with E-state index in [2.05, 4.69) is 43.8 Å². The van der Waals surface area contributed by atoms with E-state index in [0.29, 0.717) is 11.5 Å². The molecule has 0 spiro atoms. The highest BCUT2D eigenvalue weighted by molar-refractivity contribution is 5.94. The van der Waals surface area contributed by atoms with Gasteiger partial charge in [-0.05, 0) is 43.5 Å². The van der Waals surface area contributed by atoms with Crippen LogP contribution in [0.3, 0.4) is 0 Å². The van der Waals surface area contributed by atoms with Crippen LogP contribution >= 0.6 is 0 Å². The van der Waals surface area contributed by atoms with Gasteiger partial charge in [0, 0.05) is 31.3 Å². The summed E-state index contributed by atoms with van der Waals surface area (Å²) in [5.41, 5.74) is 4.62. The fraction of sp³-hybridized carbons (Fsp3) is 0.238. The smallest absolute Gasteiger partial charge is 0.255 e. The molecular formula is C21H23N5O. The molecule has 2 N–H and O–H groups in total. The maximum absolute atomic E-state index is 12.8. The van der Waals surface area contributed by atoms with Crippen molar-refractivity contribution in [3.63, 3.8) is 0 Å². The normalized spacial score (nSPS) is 11.7. The number of amides is 1. The summed E-state index contributed by atoms with van der Waals surface area (Å²) in [6.45, 7) is 6.77. The average Bonchev–Trinajstić information content (AvgIpc) is 2.69. The molecule has 2 aromatic heterocycles. The fourth-order valence-corrected chi connectivity index (χ4v) is 2.87. The summed E-state index contributed by atoms with van der Waals surface area (Å²) >= 11 is 0. The summed E-state index contributed by atoms with van der Waals surface area (Å²) in [5, 5.41) is 6.12. The first-order chi connectivity index (χ1) is 13.1. The van der Waals surface area contributed by atoms with Crippen molar-refractivity contribution < 1.29 is 4.79 Å². The number of carbonyl (C=O) groups is 1. The Hall–Kier alpha value is -3.28. The Morgan fingerprint density at radius 3 is 2.56 bits per heavy atom. The van der Waals surface area contributed by atoms with Crippen LogP contribution in [0.1, 0.15) is 45.6 Å². The monoisotopic (exact) mass is 361 g/mol. The summed E-state index contributed by atoms with van der Waals surface area (Å²) < 4.78 is 0. The lowest BCUT2D eigenvalue weighted by atomic mass is 9.94. The summed E-state index contributed by atoms with van der Waals surface area (Å²) in [4.78, 5) is 25.4. The van der Waals surface area contributed by atoms with Gasteiger partial charge < -0.3 is 10.6 Å². The molecule has 3 aromatic rings. The number of pyridine rings is 1. The van der Waals surface area contributed by atoms with E-state index < -0.39 is 0 Å². The van der Waals surface area contributed by atoms with E-state index in [9.17, 15) is 4.79 Å². The Morgan fingerprint density at radius 1 is 1.11 bits per heavy atom. The van der Waals surface area contributed by atoms with Gasteiger partial charge >= 0.3 is 0 Å². The first-order valence-electron chi connectivity index (χ1n) is 8.92. The van der Waals surface area contributed by atoms with Gasteiger partial charge in [-0.15, -0.1) is 0 Å². The van der Waals surface area contributed by atoms with E-state index in [0.717, 1.165) is 28.8 Å². The predicted molar refractivity (Wildman–Crippen MR) is 106 cm³/mol. The fourth-order valence-electron chi connectivity index (χ4n) is 2.87. The third-order valence-corrected chi connectivity index (χ3v) is 4.29. The van der Waals surface area contributed by atoms with Gasteiger partial charge in [0.05, 0.1) is 11.6 Å². The molecule has 0 unspecified atom stereocenters. The molecule has 0 bridgehead atoms. The second kappa shape index (κ2) is 8.40. The Labute approximate surface area is 159 Å². The number of anilines is 1. The predicted octanol–water partition coefficient (Wildman–Crippen LogP) is 3.44. The molecule has 1 amide bonds. The molecule has 138 valence electrons. The van der Waals surface area contributed by atoms with E-state index >= 15 is 0 Å². The van der Waals surface area contributed by atoms with Crippen LogP contribution in [0.15, 0.2) is 55.1 Å². The van der Waals surface area contributed by atoms with Crippen LogP contribution in [0, 0.1) is 13.8 Å². The van der Waals surface area contributed by atoms with E-state index in [1.165, 1.54) is 12.4 Å². The van der Waals surface area contributed by atoms with Gasteiger partial charge in [-0.25, -0.2) is 9.97 Å². The van der Waals surface area contributed by atoms with E-state index in [-0.39, 0.29) is 11.9 Å². The van der Waals surface area contributed by atoms with Crippen molar-refractivity contribution in [1.82, 2.24) is 20.3 Å².